The first-order valence-corrected chi connectivity index (χ1v) is 12.2. The highest BCUT2D eigenvalue weighted by molar-refractivity contribution is 8.42. The summed E-state index contributed by atoms with van der Waals surface area (Å²) in [5, 5.41) is 13.7. The molecule has 3 rings (SSSR count). The van der Waals surface area contributed by atoms with E-state index in [1.54, 1.807) is 19.9 Å². The smallest absolute Gasteiger partial charge is 0.283 e. The lowest BCUT2D eigenvalue weighted by atomic mass is 10.1. The summed E-state index contributed by atoms with van der Waals surface area (Å²) in [6.07, 6.45) is 1.58. The Labute approximate surface area is 181 Å². The van der Waals surface area contributed by atoms with E-state index in [1.807, 2.05) is 24.3 Å². The maximum absolute atomic E-state index is 12.5. The first-order chi connectivity index (χ1) is 14.2. The molecule has 0 spiro atoms. The van der Waals surface area contributed by atoms with Crippen molar-refractivity contribution in [3.05, 3.63) is 35.4 Å². The van der Waals surface area contributed by atoms with Crippen LogP contribution in [0.4, 0.5) is 5.69 Å². The van der Waals surface area contributed by atoms with Crippen LogP contribution in [0.1, 0.15) is 33.3 Å². The van der Waals surface area contributed by atoms with E-state index >= 15 is 0 Å². The molecule has 2 heterocycles. The predicted molar refractivity (Wildman–Crippen MR) is 124 cm³/mol. The van der Waals surface area contributed by atoms with Crippen LogP contribution in [0.25, 0.3) is 6.08 Å². The zero-order valence-electron chi connectivity index (χ0n) is 17.4. The van der Waals surface area contributed by atoms with Gasteiger partial charge in [0.2, 0.25) is 19.4 Å². The highest BCUT2D eigenvalue weighted by atomic mass is 32.3. The zero-order valence-corrected chi connectivity index (χ0v) is 19.0. The summed E-state index contributed by atoms with van der Waals surface area (Å²) >= 11 is 0.813. The predicted octanol–water partition coefficient (Wildman–Crippen LogP) is 3.18. The van der Waals surface area contributed by atoms with Crippen molar-refractivity contribution in [2.24, 2.45) is 16.0 Å². The van der Waals surface area contributed by atoms with Gasteiger partial charge in [-0.2, -0.15) is 10.0 Å². The molecule has 0 atom stereocenters. The number of sulfone groups is 1. The number of benzene rings is 1. The number of aliphatic imine (C=N–C) groups is 1. The Morgan fingerprint density at radius 2 is 1.83 bits per heavy atom. The van der Waals surface area contributed by atoms with Crippen LogP contribution in [-0.4, -0.2) is 53.6 Å². The van der Waals surface area contributed by atoms with Gasteiger partial charge in [-0.1, -0.05) is 26.0 Å². The highest BCUT2D eigenvalue weighted by Crippen LogP contribution is 2.31. The minimum Gasteiger partial charge on any atom is -0.372 e. The Morgan fingerprint density at radius 1 is 1.20 bits per heavy atom. The minimum absolute atomic E-state index is 0.0528. The van der Waals surface area contributed by atoms with Gasteiger partial charge in [0.15, 0.2) is 5.84 Å². The number of amidine groups is 2. The number of rotatable bonds is 6. The van der Waals surface area contributed by atoms with Gasteiger partial charge in [0.05, 0.1) is 11.3 Å². The Morgan fingerprint density at radius 3 is 2.40 bits per heavy atom. The summed E-state index contributed by atoms with van der Waals surface area (Å²) in [6, 6.07) is 7.68. The van der Waals surface area contributed by atoms with Gasteiger partial charge in [0.25, 0.3) is 5.91 Å². The topological polar surface area (TPSA) is 106 Å². The Kier molecular flexibility index (Phi) is 6.47. The van der Waals surface area contributed by atoms with E-state index in [0.29, 0.717) is 0 Å². The standard InChI is InChI=1S/C20H25N5O3S2/c1-5-24(6-2)15-9-7-14(8-10-15)11-16-17(21)25-19(22-18(16)26)29-20(23-25)30(27,28)12-13(3)4/h7-11,13,21H,5-6,12H2,1-4H3/b16-11+,21-17?. The Balaban J connectivity index is 1.88. The molecule has 10 heteroatoms. The van der Waals surface area contributed by atoms with E-state index in [1.165, 1.54) is 0 Å². The van der Waals surface area contributed by atoms with Gasteiger partial charge in [0, 0.05) is 18.8 Å². The van der Waals surface area contributed by atoms with E-state index in [2.05, 4.69) is 28.8 Å². The Hall–Kier alpha value is -2.46. The largest absolute Gasteiger partial charge is 0.372 e. The maximum atomic E-state index is 12.5. The lowest BCUT2D eigenvalue weighted by molar-refractivity contribution is -0.114. The molecule has 0 bridgehead atoms. The van der Waals surface area contributed by atoms with Crippen LogP contribution in [0.3, 0.4) is 0 Å². The third kappa shape index (κ3) is 4.49. The van der Waals surface area contributed by atoms with E-state index in [0.717, 1.165) is 41.1 Å². The summed E-state index contributed by atoms with van der Waals surface area (Å²) in [6.45, 7) is 9.57. The summed E-state index contributed by atoms with van der Waals surface area (Å²) in [5.41, 5.74) is 1.90. The zero-order chi connectivity index (χ0) is 22.1. The molecule has 0 saturated carbocycles. The lowest BCUT2D eigenvalue weighted by Crippen LogP contribution is -2.35. The molecule has 1 aromatic carbocycles. The van der Waals surface area contributed by atoms with Crippen molar-refractivity contribution >= 4 is 54.6 Å². The van der Waals surface area contributed by atoms with Gasteiger partial charge in [0.1, 0.15) is 0 Å². The van der Waals surface area contributed by atoms with Crippen LogP contribution in [0.2, 0.25) is 0 Å². The summed E-state index contributed by atoms with van der Waals surface area (Å²) in [7, 11) is -3.59. The fourth-order valence-electron chi connectivity index (χ4n) is 3.15. The molecule has 0 aromatic heterocycles. The molecule has 2 aliphatic heterocycles. The van der Waals surface area contributed by atoms with Gasteiger partial charge < -0.3 is 4.90 Å². The van der Waals surface area contributed by atoms with E-state index in [-0.39, 0.29) is 32.6 Å². The molecule has 0 fully saturated rings. The first kappa shape index (κ1) is 22.2. The fraction of sp³-hybridized carbons (Fsp3) is 0.400. The van der Waals surface area contributed by atoms with Crippen LogP contribution in [-0.2, 0) is 14.6 Å². The van der Waals surface area contributed by atoms with Crippen molar-refractivity contribution in [1.29, 1.82) is 5.41 Å². The number of thioether (sulfide) groups is 1. The van der Waals surface area contributed by atoms with Crippen LogP contribution in [0, 0.1) is 11.3 Å². The van der Waals surface area contributed by atoms with E-state index in [4.69, 9.17) is 5.41 Å². The summed E-state index contributed by atoms with van der Waals surface area (Å²) in [5.74, 6) is -0.874. The quantitative estimate of drug-likeness (QED) is 0.671. The monoisotopic (exact) mass is 447 g/mol. The van der Waals surface area contributed by atoms with Crippen LogP contribution < -0.4 is 4.90 Å². The average Bonchev–Trinajstić information content (AvgIpc) is 3.11. The molecule has 160 valence electrons. The van der Waals surface area contributed by atoms with Crippen molar-refractivity contribution in [2.75, 3.05) is 23.7 Å². The number of carbonyl (C=O) groups is 1. The van der Waals surface area contributed by atoms with E-state index < -0.39 is 15.7 Å². The molecule has 1 N–H and O–H groups in total. The van der Waals surface area contributed by atoms with Crippen molar-refractivity contribution in [3.63, 3.8) is 0 Å². The molecular formula is C20H25N5O3S2. The molecule has 0 saturated heterocycles. The molecule has 8 nitrogen and oxygen atoms in total. The van der Waals surface area contributed by atoms with Crippen LogP contribution in [0.15, 0.2) is 39.9 Å². The van der Waals surface area contributed by atoms with Crippen LogP contribution >= 0.6 is 11.8 Å². The van der Waals surface area contributed by atoms with Gasteiger partial charge in [-0.05, 0) is 55.3 Å². The minimum atomic E-state index is -3.59. The molecule has 0 radical (unpaired) electrons. The number of fused-ring (bicyclic) bond motifs is 1. The molecular weight excluding hydrogens is 422 g/mol. The number of hydrazone groups is 1. The molecule has 0 unspecified atom stereocenters. The van der Waals surface area contributed by atoms with Crippen molar-refractivity contribution < 1.29 is 13.2 Å². The number of amides is 1. The lowest BCUT2D eigenvalue weighted by Gasteiger charge is -2.21. The third-order valence-corrected chi connectivity index (χ3v) is 8.02. The normalized spacial score (nSPS) is 18.0. The molecule has 1 aromatic rings. The number of nitrogens with zero attached hydrogens (tertiary/aromatic N) is 4. The number of anilines is 1. The Bertz CT molecular complexity index is 1050. The number of hydrogen-bond acceptors (Lipinski definition) is 7. The SMILES string of the molecule is CCN(CC)c1ccc(/C=C2\C(=N)N3N=C(S(=O)(=O)CC(C)C)SC3=NC2=O)cc1. The molecule has 1 amide bonds. The van der Waals surface area contributed by atoms with Crippen LogP contribution in [0.5, 0.6) is 0 Å². The third-order valence-electron chi connectivity index (χ3n) is 4.59. The maximum Gasteiger partial charge on any atom is 0.283 e. The van der Waals surface area contributed by atoms with Gasteiger partial charge in [-0.25, -0.2) is 8.42 Å². The number of hydrogen-bond donors (Lipinski definition) is 1. The second kappa shape index (κ2) is 8.73. The van der Waals surface area contributed by atoms with Gasteiger partial charge >= 0.3 is 0 Å². The average molecular weight is 448 g/mol. The molecule has 30 heavy (non-hydrogen) atoms. The summed E-state index contributed by atoms with van der Waals surface area (Å²) < 4.78 is 24.8. The van der Waals surface area contributed by atoms with Crippen molar-refractivity contribution in [1.82, 2.24) is 5.01 Å². The van der Waals surface area contributed by atoms with Gasteiger partial charge in [-0.3, -0.25) is 10.2 Å². The van der Waals surface area contributed by atoms with Gasteiger partial charge in [-0.15, -0.1) is 5.10 Å². The van der Waals surface area contributed by atoms with Crippen molar-refractivity contribution in [2.45, 2.75) is 27.7 Å². The second-order valence-electron chi connectivity index (χ2n) is 7.33. The number of nitrogens with one attached hydrogen (secondary N) is 1. The summed E-state index contributed by atoms with van der Waals surface area (Å²) in [4.78, 5) is 18.7. The van der Waals surface area contributed by atoms with Crippen molar-refractivity contribution in [3.8, 4) is 0 Å². The fourth-order valence-corrected chi connectivity index (χ4v) is 5.93. The number of carbonyl (C=O) groups excluding carboxylic acids is 1. The van der Waals surface area contributed by atoms with E-state index in [9.17, 15) is 13.2 Å². The highest BCUT2D eigenvalue weighted by Gasteiger charge is 2.39. The molecule has 2 aliphatic rings. The first-order valence-electron chi connectivity index (χ1n) is 9.74. The molecule has 0 aliphatic carbocycles. The second-order valence-corrected chi connectivity index (χ2v) is 10.5.